The highest BCUT2D eigenvalue weighted by atomic mass is 35.5. The number of fused-ring (bicyclic) bond motifs is 2. The Morgan fingerprint density at radius 3 is 2.50 bits per heavy atom. The molecule has 38 heavy (non-hydrogen) atoms. The molecule has 198 valence electrons. The second kappa shape index (κ2) is 10.4. The van der Waals surface area contributed by atoms with Gasteiger partial charge >= 0.3 is 11.9 Å². The van der Waals surface area contributed by atoms with Crippen LogP contribution in [0.25, 0.3) is 5.65 Å². The first-order valence-electron chi connectivity index (χ1n) is 11.1. The number of nitrogens with two attached hydrogens (primary N) is 3. The summed E-state index contributed by atoms with van der Waals surface area (Å²) >= 11 is 5.52. The number of aromatic nitrogens is 3. The number of nitrogens with one attached hydrogen (secondary N) is 1. The molecule has 0 atom stereocenters. The van der Waals surface area contributed by atoms with Crippen molar-refractivity contribution in [3.63, 3.8) is 0 Å². The average Bonchev–Trinajstić information content (AvgIpc) is 3.20. The van der Waals surface area contributed by atoms with Crippen molar-refractivity contribution in [3.05, 3.63) is 72.8 Å². The monoisotopic (exact) mass is 542 g/mol. The van der Waals surface area contributed by atoms with Crippen LogP contribution in [0.1, 0.15) is 37.7 Å². The number of carbonyl (C=O) groups is 2. The minimum atomic E-state index is -1.30. The molecule has 0 spiro atoms. The summed E-state index contributed by atoms with van der Waals surface area (Å²) < 4.78 is 5.67. The number of carboxylic acids is 1. The molecule has 2 aromatic heterocycles. The number of benzene rings is 1. The first kappa shape index (κ1) is 26.4. The average molecular weight is 543 g/mol. The number of nitrogens with zero attached hydrogens (tertiary/aromatic N) is 4. The summed E-state index contributed by atoms with van der Waals surface area (Å²) in [5.74, 6) is -2.22. The van der Waals surface area contributed by atoms with Crippen LogP contribution in [0.4, 0.5) is 23.1 Å². The van der Waals surface area contributed by atoms with Crippen LogP contribution in [0.5, 0.6) is 0 Å². The quantitative estimate of drug-likeness (QED) is 0.128. The van der Waals surface area contributed by atoms with E-state index in [0.29, 0.717) is 25.3 Å². The van der Waals surface area contributed by atoms with Gasteiger partial charge in [-0.2, -0.15) is 4.98 Å². The van der Waals surface area contributed by atoms with E-state index in [0.717, 1.165) is 35.1 Å². The van der Waals surface area contributed by atoms with Gasteiger partial charge < -0.3 is 31.9 Å². The minimum Gasteiger partial charge on any atom is -0.477 e. The normalized spacial score (nSPS) is 12.6. The Labute approximate surface area is 219 Å². The molecule has 0 fully saturated rings. The molecule has 0 saturated heterocycles. The van der Waals surface area contributed by atoms with E-state index in [1.54, 1.807) is 0 Å². The van der Waals surface area contributed by atoms with Crippen LogP contribution in [-0.4, -0.2) is 45.1 Å². The molecule has 14 nitrogen and oxygen atoms in total. The fourth-order valence-electron chi connectivity index (χ4n) is 4.20. The SMILES string of the molecule is COC(=O)c1cc(C(=O)O)nc2c(N)nc(N)n12.Nc1c(N2CCc3ccc(CNCl)cc3C2)c(=O)c1=O. The van der Waals surface area contributed by atoms with E-state index in [1.165, 1.54) is 5.56 Å². The summed E-state index contributed by atoms with van der Waals surface area (Å²) in [4.78, 5) is 57.3. The van der Waals surface area contributed by atoms with Gasteiger partial charge in [0, 0.05) is 25.7 Å². The maximum Gasteiger partial charge on any atom is 0.355 e. The first-order chi connectivity index (χ1) is 18.1. The summed E-state index contributed by atoms with van der Waals surface area (Å²) in [6.45, 7) is 1.88. The van der Waals surface area contributed by atoms with E-state index in [9.17, 15) is 19.2 Å². The number of methoxy groups -OCH3 is 1. The molecular formula is C23H23ClN8O6. The third-order valence-electron chi connectivity index (χ3n) is 6.05. The summed E-state index contributed by atoms with van der Waals surface area (Å²) in [5.41, 5.74) is 19.2. The van der Waals surface area contributed by atoms with Crippen molar-refractivity contribution >= 4 is 52.5 Å². The number of anilines is 4. The molecule has 0 bridgehead atoms. The lowest BCUT2D eigenvalue weighted by Crippen LogP contribution is -2.44. The lowest BCUT2D eigenvalue weighted by molar-refractivity contribution is 0.0592. The van der Waals surface area contributed by atoms with Crippen molar-refractivity contribution in [2.45, 2.75) is 19.5 Å². The van der Waals surface area contributed by atoms with Crippen molar-refractivity contribution < 1.29 is 19.4 Å². The zero-order valence-electron chi connectivity index (χ0n) is 20.0. The van der Waals surface area contributed by atoms with E-state index in [1.807, 2.05) is 11.0 Å². The zero-order valence-corrected chi connectivity index (χ0v) is 20.8. The highest BCUT2D eigenvalue weighted by Crippen LogP contribution is 2.26. The van der Waals surface area contributed by atoms with Gasteiger partial charge in [-0.1, -0.05) is 18.2 Å². The van der Waals surface area contributed by atoms with Gasteiger partial charge in [-0.3, -0.25) is 14.0 Å². The molecule has 1 aliphatic heterocycles. The van der Waals surface area contributed by atoms with Crippen LogP contribution < -0.4 is 37.8 Å². The van der Waals surface area contributed by atoms with E-state index in [2.05, 4.69) is 31.7 Å². The third-order valence-corrected chi connectivity index (χ3v) is 6.18. The topological polar surface area (TPSA) is 221 Å². The smallest absolute Gasteiger partial charge is 0.355 e. The molecule has 2 aromatic carbocycles. The van der Waals surface area contributed by atoms with Crippen LogP contribution >= 0.6 is 11.8 Å². The second-order valence-electron chi connectivity index (χ2n) is 8.34. The van der Waals surface area contributed by atoms with Gasteiger partial charge in [0.05, 0.1) is 7.11 Å². The molecule has 0 unspecified atom stereocenters. The first-order valence-corrected chi connectivity index (χ1v) is 11.5. The van der Waals surface area contributed by atoms with E-state index in [4.69, 9.17) is 34.1 Å². The summed E-state index contributed by atoms with van der Waals surface area (Å²) in [6.07, 6.45) is 0.835. The molecule has 8 N–H and O–H groups in total. The second-order valence-corrected chi connectivity index (χ2v) is 8.61. The fraction of sp³-hybridized carbons (Fsp3) is 0.217. The van der Waals surface area contributed by atoms with Crippen molar-refractivity contribution in [1.29, 1.82) is 0 Å². The lowest BCUT2D eigenvalue weighted by atomic mass is 9.96. The highest BCUT2D eigenvalue weighted by molar-refractivity contribution is 6.13. The van der Waals surface area contributed by atoms with Crippen LogP contribution in [0.2, 0.25) is 0 Å². The Hall–Kier alpha value is -4.69. The van der Waals surface area contributed by atoms with Crippen molar-refractivity contribution in [1.82, 2.24) is 19.2 Å². The van der Waals surface area contributed by atoms with E-state index >= 15 is 0 Å². The largest absolute Gasteiger partial charge is 0.477 e. The molecule has 4 aromatic rings. The predicted octanol–water partition coefficient (Wildman–Crippen LogP) is 0.0494. The fourth-order valence-corrected chi connectivity index (χ4v) is 4.35. The van der Waals surface area contributed by atoms with Gasteiger partial charge in [0.25, 0.3) is 10.9 Å². The molecule has 0 amide bonds. The predicted molar refractivity (Wildman–Crippen MR) is 140 cm³/mol. The van der Waals surface area contributed by atoms with Crippen LogP contribution in [0.3, 0.4) is 0 Å². The number of ether oxygens (including phenoxy) is 1. The van der Waals surface area contributed by atoms with Gasteiger partial charge in [-0.25, -0.2) is 19.4 Å². The number of rotatable bonds is 5. The number of aromatic carboxylic acids is 1. The van der Waals surface area contributed by atoms with Crippen molar-refractivity contribution in [2.75, 3.05) is 35.8 Å². The maximum absolute atomic E-state index is 11.6. The van der Waals surface area contributed by atoms with Crippen LogP contribution in [0.15, 0.2) is 33.9 Å². The summed E-state index contributed by atoms with van der Waals surface area (Å²) in [5, 5.41) is 8.90. The standard InChI is InChI=1S/C14H14ClN3O2.C9H9N5O4/c15-17-6-8-1-2-9-3-4-18(7-10(9)5-8)12-11(16)13(19)14(12)20;1-18-8(17)4-2-3(7(15)16)12-6-5(10)13-9(11)14(4)6/h1-2,5,17H,3-4,6-7,16H2;2H,10H2,1H3,(H2,11,13)(H,15,16). The highest BCUT2D eigenvalue weighted by Gasteiger charge is 2.27. The number of carbonyl (C=O) groups excluding carboxylic acids is 1. The Kier molecular flexibility index (Phi) is 7.19. The lowest BCUT2D eigenvalue weighted by Gasteiger charge is -2.31. The zero-order chi connectivity index (χ0) is 27.7. The number of carboxylic acid groups (broad SMARTS) is 1. The van der Waals surface area contributed by atoms with E-state index in [-0.39, 0.29) is 34.5 Å². The molecule has 5 rings (SSSR count). The van der Waals surface area contributed by atoms with Crippen molar-refractivity contribution in [3.8, 4) is 0 Å². The molecule has 1 aliphatic rings. The number of hydrogen-bond donors (Lipinski definition) is 5. The minimum absolute atomic E-state index is 0.00667. The number of halogens is 1. The summed E-state index contributed by atoms with van der Waals surface area (Å²) in [6, 6.07) is 7.23. The Bertz CT molecular complexity index is 1640. The molecular weight excluding hydrogens is 520 g/mol. The number of nitrogen functional groups attached to an aromatic ring is 3. The molecule has 0 saturated carbocycles. The Morgan fingerprint density at radius 1 is 1.13 bits per heavy atom. The number of imidazole rings is 1. The van der Waals surface area contributed by atoms with Crippen LogP contribution in [0, 0.1) is 0 Å². The van der Waals surface area contributed by atoms with Gasteiger partial charge in [-0.15, -0.1) is 0 Å². The Morgan fingerprint density at radius 2 is 1.87 bits per heavy atom. The number of hydrogen-bond acceptors (Lipinski definition) is 12. The molecule has 0 aliphatic carbocycles. The van der Waals surface area contributed by atoms with Gasteiger partial charge in [0.2, 0.25) is 5.95 Å². The molecule has 15 heteroatoms. The number of esters is 1. The summed E-state index contributed by atoms with van der Waals surface area (Å²) in [7, 11) is 1.16. The molecule has 0 radical (unpaired) electrons. The van der Waals surface area contributed by atoms with Gasteiger partial charge in [-0.05, 0) is 34.9 Å². The Balaban J connectivity index is 0.000000178. The van der Waals surface area contributed by atoms with Crippen molar-refractivity contribution in [2.24, 2.45) is 0 Å². The van der Waals surface area contributed by atoms with E-state index < -0.39 is 22.8 Å². The van der Waals surface area contributed by atoms with Crippen LogP contribution in [-0.2, 0) is 24.2 Å². The van der Waals surface area contributed by atoms with Gasteiger partial charge in [0.1, 0.15) is 17.1 Å². The maximum atomic E-state index is 11.6. The van der Waals surface area contributed by atoms with Gasteiger partial charge in [0.15, 0.2) is 17.2 Å². The molecule has 3 heterocycles. The third kappa shape index (κ3) is 4.69.